The standard InChI is InChI=1S/C21H16BrF4N/c22-18-8-4-7-15(10-18)20(27,13-14-5-2-1-3-6-14)16-9-17(21(24,25)26)12-19(23)11-16/h1-12H,13,27H2. The second kappa shape index (κ2) is 7.44. The van der Waals surface area contributed by atoms with Gasteiger partial charge in [-0.3, -0.25) is 0 Å². The van der Waals surface area contributed by atoms with Crippen molar-refractivity contribution in [1.29, 1.82) is 0 Å². The van der Waals surface area contributed by atoms with E-state index < -0.39 is 23.1 Å². The highest BCUT2D eigenvalue weighted by Crippen LogP contribution is 2.37. The molecule has 0 radical (unpaired) electrons. The van der Waals surface area contributed by atoms with Crippen molar-refractivity contribution in [2.24, 2.45) is 5.73 Å². The SMILES string of the molecule is NC(Cc1ccccc1)(c1cccc(Br)c1)c1cc(F)cc(C(F)(F)F)c1. The first-order chi connectivity index (χ1) is 12.7. The summed E-state index contributed by atoms with van der Waals surface area (Å²) in [7, 11) is 0. The Morgan fingerprint density at radius 3 is 2.07 bits per heavy atom. The van der Waals surface area contributed by atoms with E-state index in [4.69, 9.17) is 5.73 Å². The average molecular weight is 438 g/mol. The summed E-state index contributed by atoms with van der Waals surface area (Å²) in [4.78, 5) is 0. The zero-order valence-electron chi connectivity index (χ0n) is 14.1. The number of halogens is 5. The molecule has 3 aromatic rings. The Kier molecular flexibility index (Phi) is 5.40. The van der Waals surface area contributed by atoms with E-state index in [2.05, 4.69) is 15.9 Å². The minimum atomic E-state index is -4.66. The van der Waals surface area contributed by atoms with Gasteiger partial charge in [-0.2, -0.15) is 13.2 Å². The summed E-state index contributed by atoms with van der Waals surface area (Å²) in [6.45, 7) is 0. The first-order valence-corrected chi connectivity index (χ1v) is 8.95. The van der Waals surface area contributed by atoms with Crippen molar-refractivity contribution in [2.75, 3.05) is 0 Å². The van der Waals surface area contributed by atoms with Crippen LogP contribution in [0.1, 0.15) is 22.3 Å². The van der Waals surface area contributed by atoms with Crippen LogP contribution in [0.2, 0.25) is 0 Å². The Bertz CT molecular complexity index is 940. The lowest BCUT2D eigenvalue weighted by molar-refractivity contribution is -0.137. The Morgan fingerprint density at radius 2 is 1.44 bits per heavy atom. The molecule has 0 aliphatic rings. The maximum atomic E-state index is 14.1. The first-order valence-electron chi connectivity index (χ1n) is 8.15. The van der Waals surface area contributed by atoms with Crippen LogP contribution in [0.4, 0.5) is 17.6 Å². The van der Waals surface area contributed by atoms with E-state index in [1.807, 2.05) is 30.3 Å². The molecule has 3 rings (SSSR count). The fraction of sp³-hybridized carbons (Fsp3) is 0.143. The van der Waals surface area contributed by atoms with Gasteiger partial charge >= 0.3 is 6.18 Å². The number of rotatable bonds is 4. The number of benzene rings is 3. The molecule has 6 heteroatoms. The number of nitrogens with two attached hydrogens (primary N) is 1. The van der Waals surface area contributed by atoms with Gasteiger partial charge in [-0.05, 0) is 53.4 Å². The van der Waals surface area contributed by atoms with Gasteiger partial charge in [0.2, 0.25) is 0 Å². The molecule has 0 aliphatic heterocycles. The van der Waals surface area contributed by atoms with E-state index in [1.165, 1.54) is 0 Å². The molecule has 0 spiro atoms. The minimum Gasteiger partial charge on any atom is -0.317 e. The topological polar surface area (TPSA) is 26.0 Å². The lowest BCUT2D eigenvalue weighted by atomic mass is 9.78. The second-order valence-corrected chi connectivity index (χ2v) is 7.29. The van der Waals surface area contributed by atoms with Crippen molar-refractivity contribution in [1.82, 2.24) is 0 Å². The van der Waals surface area contributed by atoms with Crippen LogP contribution in [0.25, 0.3) is 0 Å². The molecule has 27 heavy (non-hydrogen) atoms. The van der Waals surface area contributed by atoms with Gasteiger partial charge in [0.15, 0.2) is 0 Å². The highest BCUT2D eigenvalue weighted by molar-refractivity contribution is 9.10. The first kappa shape index (κ1) is 19.6. The largest absolute Gasteiger partial charge is 0.416 e. The van der Waals surface area contributed by atoms with Crippen LogP contribution in [-0.2, 0) is 18.1 Å². The fourth-order valence-electron chi connectivity index (χ4n) is 3.07. The Hall–Kier alpha value is -2.18. The molecule has 1 nitrogen and oxygen atoms in total. The molecule has 0 heterocycles. The highest BCUT2D eigenvalue weighted by atomic mass is 79.9. The van der Waals surface area contributed by atoms with Gasteiger partial charge in [-0.15, -0.1) is 0 Å². The van der Waals surface area contributed by atoms with Crippen LogP contribution in [-0.4, -0.2) is 0 Å². The zero-order chi connectivity index (χ0) is 19.7. The van der Waals surface area contributed by atoms with Crippen molar-refractivity contribution in [3.63, 3.8) is 0 Å². The molecule has 1 unspecified atom stereocenters. The third-order valence-electron chi connectivity index (χ3n) is 4.41. The van der Waals surface area contributed by atoms with Crippen molar-refractivity contribution in [3.05, 3.63) is 105 Å². The molecule has 1 atom stereocenters. The third kappa shape index (κ3) is 4.39. The Morgan fingerprint density at radius 1 is 0.778 bits per heavy atom. The smallest absolute Gasteiger partial charge is 0.317 e. The van der Waals surface area contributed by atoms with Crippen LogP contribution in [0.3, 0.4) is 0 Å². The van der Waals surface area contributed by atoms with Crippen molar-refractivity contribution >= 4 is 15.9 Å². The summed E-state index contributed by atoms with van der Waals surface area (Å²) < 4.78 is 54.4. The van der Waals surface area contributed by atoms with Crippen molar-refractivity contribution in [3.8, 4) is 0 Å². The molecule has 0 fully saturated rings. The van der Waals surface area contributed by atoms with E-state index in [1.54, 1.807) is 24.3 Å². The lowest BCUT2D eigenvalue weighted by Crippen LogP contribution is -2.40. The maximum absolute atomic E-state index is 14.1. The van der Waals surface area contributed by atoms with Gasteiger partial charge in [-0.25, -0.2) is 4.39 Å². The molecule has 0 amide bonds. The van der Waals surface area contributed by atoms with Gasteiger partial charge in [0.25, 0.3) is 0 Å². The van der Waals surface area contributed by atoms with E-state index in [-0.39, 0.29) is 12.0 Å². The summed E-state index contributed by atoms with van der Waals surface area (Å²) in [6, 6.07) is 18.6. The van der Waals surface area contributed by atoms with E-state index >= 15 is 0 Å². The molecule has 0 aromatic heterocycles. The summed E-state index contributed by atoms with van der Waals surface area (Å²) in [6.07, 6.45) is -4.45. The summed E-state index contributed by atoms with van der Waals surface area (Å²) in [5.74, 6) is -0.974. The van der Waals surface area contributed by atoms with E-state index in [0.29, 0.717) is 11.6 Å². The van der Waals surface area contributed by atoms with Crippen LogP contribution in [0, 0.1) is 5.82 Å². The zero-order valence-corrected chi connectivity index (χ0v) is 15.7. The van der Waals surface area contributed by atoms with Crippen LogP contribution < -0.4 is 5.73 Å². The van der Waals surface area contributed by atoms with Crippen molar-refractivity contribution in [2.45, 2.75) is 18.1 Å². The molecule has 0 saturated heterocycles. The molecule has 0 bridgehead atoms. The predicted octanol–water partition coefficient (Wildman–Crippen LogP) is 6.05. The van der Waals surface area contributed by atoms with Gasteiger partial charge in [0.1, 0.15) is 5.82 Å². The summed E-state index contributed by atoms with van der Waals surface area (Å²) in [5.41, 5.74) is 5.75. The van der Waals surface area contributed by atoms with Crippen LogP contribution >= 0.6 is 15.9 Å². The van der Waals surface area contributed by atoms with Gasteiger partial charge in [0, 0.05) is 4.47 Å². The number of hydrogen-bond acceptors (Lipinski definition) is 1. The third-order valence-corrected chi connectivity index (χ3v) is 4.90. The Labute approximate surface area is 163 Å². The number of hydrogen-bond donors (Lipinski definition) is 1. The van der Waals surface area contributed by atoms with E-state index in [9.17, 15) is 17.6 Å². The van der Waals surface area contributed by atoms with Gasteiger partial charge in [-0.1, -0.05) is 58.4 Å². The summed E-state index contributed by atoms with van der Waals surface area (Å²) in [5, 5.41) is 0. The van der Waals surface area contributed by atoms with Crippen LogP contribution in [0.15, 0.2) is 77.3 Å². The highest BCUT2D eigenvalue weighted by Gasteiger charge is 2.36. The molecular weight excluding hydrogens is 422 g/mol. The monoisotopic (exact) mass is 437 g/mol. The average Bonchev–Trinajstić information content (AvgIpc) is 2.61. The summed E-state index contributed by atoms with van der Waals surface area (Å²) >= 11 is 3.36. The molecule has 3 aromatic carbocycles. The predicted molar refractivity (Wildman–Crippen MR) is 101 cm³/mol. The Balaban J connectivity index is 2.20. The number of alkyl halides is 3. The minimum absolute atomic E-state index is 0.0665. The molecular formula is C21H16BrF4N. The molecule has 0 saturated carbocycles. The van der Waals surface area contributed by atoms with Crippen LogP contribution in [0.5, 0.6) is 0 Å². The van der Waals surface area contributed by atoms with E-state index in [0.717, 1.165) is 22.2 Å². The fourth-order valence-corrected chi connectivity index (χ4v) is 3.46. The van der Waals surface area contributed by atoms with Crippen molar-refractivity contribution < 1.29 is 17.6 Å². The molecule has 2 N–H and O–H groups in total. The quantitative estimate of drug-likeness (QED) is 0.493. The molecule has 0 aliphatic carbocycles. The van der Waals surface area contributed by atoms with Gasteiger partial charge in [0.05, 0.1) is 11.1 Å². The maximum Gasteiger partial charge on any atom is 0.416 e. The lowest BCUT2D eigenvalue weighted by Gasteiger charge is -2.32. The second-order valence-electron chi connectivity index (χ2n) is 6.37. The normalized spacial score (nSPS) is 14.0. The molecule has 140 valence electrons. The van der Waals surface area contributed by atoms with Gasteiger partial charge < -0.3 is 5.73 Å².